The second-order valence-corrected chi connectivity index (χ2v) is 8.47. The molecule has 1 N–H and O–H groups in total. The monoisotopic (exact) mass is 402 g/mol. The molecule has 2 aromatic rings. The van der Waals surface area contributed by atoms with Gasteiger partial charge in [0.15, 0.2) is 5.13 Å². The van der Waals surface area contributed by atoms with E-state index in [1.807, 2.05) is 11.8 Å². The van der Waals surface area contributed by atoms with Crippen LogP contribution in [0.2, 0.25) is 0 Å². The number of thiazole rings is 1. The Morgan fingerprint density at radius 3 is 2.71 bits per heavy atom. The normalized spacial score (nSPS) is 17.4. The van der Waals surface area contributed by atoms with Crippen molar-refractivity contribution in [2.24, 2.45) is 0 Å². The highest BCUT2D eigenvalue weighted by molar-refractivity contribution is 7.15. The van der Waals surface area contributed by atoms with E-state index < -0.39 is 0 Å². The first-order chi connectivity index (χ1) is 13.6. The number of hydrogen-bond donors (Lipinski definition) is 1. The summed E-state index contributed by atoms with van der Waals surface area (Å²) in [5, 5.41) is 7.97. The molecule has 1 saturated heterocycles. The molecule has 8 nitrogen and oxygen atoms in total. The molecule has 1 aliphatic heterocycles. The van der Waals surface area contributed by atoms with Crippen LogP contribution < -0.4 is 10.9 Å². The minimum Gasteiger partial charge on any atom is -0.322 e. The molecule has 4 rings (SSSR count). The number of anilines is 1. The average molecular weight is 403 g/mol. The summed E-state index contributed by atoms with van der Waals surface area (Å²) in [6, 6.07) is 3.22. The summed E-state index contributed by atoms with van der Waals surface area (Å²) in [6.45, 7) is 6.14. The fourth-order valence-electron chi connectivity index (χ4n) is 3.70. The van der Waals surface area contributed by atoms with Crippen LogP contribution in [-0.4, -0.2) is 63.3 Å². The highest BCUT2D eigenvalue weighted by atomic mass is 32.1. The van der Waals surface area contributed by atoms with Crippen molar-refractivity contribution >= 4 is 22.5 Å². The second kappa shape index (κ2) is 8.40. The maximum absolute atomic E-state index is 12.6. The van der Waals surface area contributed by atoms with Gasteiger partial charge in [0.2, 0.25) is 0 Å². The number of hydrogen-bond acceptors (Lipinski definition) is 6. The second-order valence-electron chi connectivity index (χ2n) is 7.39. The minimum absolute atomic E-state index is 0.0673. The van der Waals surface area contributed by atoms with Gasteiger partial charge >= 0.3 is 6.03 Å². The third-order valence-corrected chi connectivity index (χ3v) is 6.42. The first kappa shape index (κ1) is 19.1. The first-order valence-electron chi connectivity index (χ1n) is 9.90. The van der Waals surface area contributed by atoms with E-state index in [9.17, 15) is 9.59 Å². The minimum atomic E-state index is -0.0743. The number of nitrogens with zero attached hydrogens (tertiary/aromatic N) is 5. The highest BCUT2D eigenvalue weighted by Crippen LogP contribution is 2.29. The molecular weight excluding hydrogens is 376 g/mol. The van der Waals surface area contributed by atoms with Gasteiger partial charge in [-0.15, -0.1) is 11.3 Å². The smallest absolute Gasteiger partial charge is 0.322 e. The number of urea groups is 1. The summed E-state index contributed by atoms with van der Waals surface area (Å²) >= 11 is 1.62. The van der Waals surface area contributed by atoms with E-state index in [0.717, 1.165) is 49.0 Å². The van der Waals surface area contributed by atoms with E-state index in [-0.39, 0.29) is 11.6 Å². The van der Waals surface area contributed by atoms with Crippen LogP contribution >= 0.6 is 11.3 Å². The Bertz CT molecular complexity index is 877. The Morgan fingerprint density at radius 1 is 1.14 bits per heavy atom. The first-order valence-corrected chi connectivity index (χ1v) is 10.7. The van der Waals surface area contributed by atoms with Crippen molar-refractivity contribution in [2.75, 3.05) is 38.0 Å². The van der Waals surface area contributed by atoms with Gasteiger partial charge in [0, 0.05) is 43.7 Å². The number of amides is 2. The maximum atomic E-state index is 12.6. The standard InChI is InChI=1S/C19H26N6O2S/c1-14-6-7-17(26)25(22-14)13-10-23-8-11-24(12-9-23)19(27)21-18-20-15-4-2-3-5-16(15)28-18/h6-7H,2-5,8-13H2,1H3,(H,20,21,27). The van der Waals surface area contributed by atoms with Crippen LogP contribution in [0.4, 0.5) is 9.93 Å². The van der Waals surface area contributed by atoms with Crippen molar-refractivity contribution in [3.8, 4) is 0 Å². The van der Waals surface area contributed by atoms with Crippen molar-refractivity contribution in [3.05, 3.63) is 38.8 Å². The van der Waals surface area contributed by atoms with Gasteiger partial charge in [-0.1, -0.05) is 0 Å². The molecule has 0 atom stereocenters. The van der Waals surface area contributed by atoms with Crippen LogP contribution in [0.1, 0.15) is 29.1 Å². The van der Waals surface area contributed by atoms with Crippen molar-refractivity contribution in [1.82, 2.24) is 24.6 Å². The van der Waals surface area contributed by atoms with E-state index in [1.54, 1.807) is 23.5 Å². The zero-order chi connectivity index (χ0) is 19.5. The fourth-order valence-corrected chi connectivity index (χ4v) is 4.74. The summed E-state index contributed by atoms with van der Waals surface area (Å²) < 4.78 is 1.51. The molecule has 150 valence electrons. The van der Waals surface area contributed by atoms with Crippen molar-refractivity contribution in [1.29, 1.82) is 0 Å². The third kappa shape index (κ3) is 4.41. The Kier molecular flexibility index (Phi) is 5.72. The van der Waals surface area contributed by atoms with Crippen LogP contribution in [0.3, 0.4) is 0 Å². The predicted molar refractivity (Wildman–Crippen MR) is 109 cm³/mol. The van der Waals surface area contributed by atoms with E-state index in [4.69, 9.17) is 0 Å². The molecule has 0 spiro atoms. The molecule has 0 radical (unpaired) electrons. The molecule has 0 unspecified atom stereocenters. The quantitative estimate of drug-likeness (QED) is 0.842. The molecule has 2 amide bonds. The molecule has 0 saturated carbocycles. The molecule has 2 aliphatic rings. The average Bonchev–Trinajstić information content (AvgIpc) is 3.11. The number of carbonyl (C=O) groups excluding carboxylic acids is 1. The van der Waals surface area contributed by atoms with Gasteiger partial charge in [-0.25, -0.2) is 14.5 Å². The fraction of sp³-hybridized carbons (Fsp3) is 0.579. The number of aryl methyl sites for hydroxylation is 3. The largest absolute Gasteiger partial charge is 0.323 e. The Morgan fingerprint density at radius 2 is 1.93 bits per heavy atom. The molecule has 28 heavy (non-hydrogen) atoms. The van der Waals surface area contributed by atoms with Crippen molar-refractivity contribution in [3.63, 3.8) is 0 Å². The number of nitrogens with one attached hydrogen (secondary N) is 1. The van der Waals surface area contributed by atoms with Crippen molar-refractivity contribution in [2.45, 2.75) is 39.2 Å². The summed E-state index contributed by atoms with van der Waals surface area (Å²) in [7, 11) is 0. The summed E-state index contributed by atoms with van der Waals surface area (Å²) in [6.07, 6.45) is 4.52. The summed E-state index contributed by atoms with van der Waals surface area (Å²) in [5.74, 6) is 0. The topological polar surface area (TPSA) is 83.4 Å². The third-order valence-electron chi connectivity index (χ3n) is 5.35. The molecule has 1 fully saturated rings. The van der Waals surface area contributed by atoms with Gasteiger partial charge in [-0.05, 0) is 38.7 Å². The van der Waals surface area contributed by atoms with Crippen LogP contribution in [0.25, 0.3) is 0 Å². The van der Waals surface area contributed by atoms with Crippen LogP contribution in [-0.2, 0) is 19.4 Å². The predicted octanol–water partition coefficient (Wildman–Crippen LogP) is 1.74. The lowest BCUT2D eigenvalue weighted by molar-refractivity contribution is 0.143. The summed E-state index contributed by atoms with van der Waals surface area (Å²) in [5.41, 5.74) is 1.93. The summed E-state index contributed by atoms with van der Waals surface area (Å²) in [4.78, 5) is 34.4. The zero-order valence-corrected chi connectivity index (χ0v) is 17.0. The molecule has 3 heterocycles. The van der Waals surface area contributed by atoms with Crippen LogP contribution in [0.15, 0.2) is 16.9 Å². The van der Waals surface area contributed by atoms with Gasteiger partial charge < -0.3 is 4.90 Å². The number of piperazine rings is 1. The SMILES string of the molecule is Cc1ccc(=O)n(CCN2CCN(C(=O)Nc3nc4c(s3)CCCC4)CC2)n1. The number of rotatable bonds is 4. The molecule has 0 aromatic carbocycles. The lowest BCUT2D eigenvalue weighted by atomic mass is 10.0. The van der Waals surface area contributed by atoms with E-state index in [1.165, 1.54) is 22.4 Å². The molecule has 2 aromatic heterocycles. The Hall–Kier alpha value is -2.26. The molecule has 0 bridgehead atoms. The zero-order valence-electron chi connectivity index (χ0n) is 16.2. The highest BCUT2D eigenvalue weighted by Gasteiger charge is 2.23. The Balaban J connectivity index is 1.25. The number of aromatic nitrogens is 3. The van der Waals surface area contributed by atoms with E-state index in [0.29, 0.717) is 19.6 Å². The van der Waals surface area contributed by atoms with Gasteiger partial charge in [-0.3, -0.25) is 15.0 Å². The number of fused-ring (bicyclic) bond motifs is 1. The van der Waals surface area contributed by atoms with Crippen molar-refractivity contribution < 1.29 is 4.79 Å². The van der Waals surface area contributed by atoms with Gasteiger partial charge in [0.1, 0.15) is 0 Å². The Labute approximate surface area is 168 Å². The van der Waals surface area contributed by atoms with E-state index in [2.05, 4.69) is 20.3 Å². The van der Waals surface area contributed by atoms with Gasteiger partial charge in [0.25, 0.3) is 5.56 Å². The van der Waals surface area contributed by atoms with Crippen LogP contribution in [0.5, 0.6) is 0 Å². The molecule has 1 aliphatic carbocycles. The maximum Gasteiger partial charge on any atom is 0.323 e. The molecule has 9 heteroatoms. The van der Waals surface area contributed by atoms with Crippen LogP contribution in [0, 0.1) is 6.92 Å². The van der Waals surface area contributed by atoms with Gasteiger partial charge in [0.05, 0.1) is 17.9 Å². The van der Waals surface area contributed by atoms with E-state index >= 15 is 0 Å². The van der Waals surface area contributed by atoms with Gasteiger partial charge in [-0.2, -0.15) is 5.10 Å². The lowest BCUT2D eigenvalue weighted by Crippen LogP contribution is -2.50. The number of carbonyl (C=O) groups is 1. The lowest BCUT2D eigenvalue weighted by Gasteiger charge is -2.34. The molecular formula is C19H26N6O2S.